The van der Waals surface area contributed by atoms with E-state index in [1.54, 1.807) is 0 Å². The quantitative estimate of drug-likeness (QED) is 0.253. The van der Waals surface area contributed by atoms with Gasteiger partial charge in [0.25, 0.3) is 0 Å². The van der Waals surface area contributed by atoms with E-state index in [2.05, 4.69) is 117 Å². The van der Waals surface area contributed by atoms with Crippen LogP contribution < -0.4 is 0 Å². The van der Waals surface area contributed by atoms with E-state index in [9.17, 15) is 0 Å². The maximum atomic E-state index is 7.26. The van der Waals surface area contributed by atoms with E-state index >= 15 is 0 Å². The summed E-state index contributed by atoms with van der Waals surface area (Å²) in [5, 5.41) is 2.76. The van der Waals surface area contributed by atoms with Crippen molar-refractivity contribution in [3.05, 3.63) is 120 Å². The molecule has 3 aliphatic rings. The molecule has 0 N–H and O–H groups in total. The molecule has 4 aromatic carbocycles. The summed E-state index contributed by atoms with van der Waals surface area (Å²) in [5.41, 5.74) is 4.06. The number of nitrogens with zero attached hydrogens (tertiary/aromatic N) is 1. The highest BCUT2D eigenvalue weighted by atomic mass is 16.5. The van der Waals surface area contributed by atoms with Gasteiger partial charge in [-0.1, -0.05) is 110 Å². The fourth-order valence-corrected chi connectivity index (χ4v) is 9.18. The predicted molar refractivity (Wildman–Crippen MR) is 151 cm³/mol. The van der Waals surface area contributed by atoms with E-state index in [4.69, 9.17) is 4.74 Å². The van der Waals surface area contributed by atoms with Crippen molar-refractivity contribution in [2.24, 2.45) is 17.8 Å². The monoisotopic (exact) mass is 488 g/mol. The van der Waals surface area contributed by atoms with Crippen LogP contribution in [-0.4, -0.2) is 23.1 Å². The third kappa shape index (κ3) is 3.32. The molecule has 2 heteroatoms. The van der Waals surface area contributed by atoms with Crippen LogP contribution in [0.5, 0.6) is 0 Å². The van der Waals surface area contributed by atoms with Crippen LogP contribution >= 0.6 is 0 Å². The number of ether oxygens (including phenoxy) is 1. The van der Waals surface area contributed by atoms with Gasteiger partial charge in [-0.2, -0.15) is 0 Å². The normalized spacial score (nSPS) is 34.2. The Morgan fingerprint density at radius 2 is 1.51 bits per heavy atom. The standard InChI is InChI=1S/C35H38NO/c1-26-22-36(23-29-16-11-15-28-14-9-10-19-31(28)29)25-35(30-17-7-4-8-18-30,33-21-20-32(26)34(33,36)2)37-24-27-12-5-3-6-13-27/h3-19,26,32-33H,20-25H2,1-2H3/q+1/t26-,32+,33+,34-,35+,36-/m1/s1. The molecule has 2 heterocycles. The molecule has 6 atom stereocenters. The summed E-state index contributed by atoms with van der Waals surface area (Å²) in [6, 6.07) is 37.8. The molecule has 3 fully saturated rings. The molecule has 0 spiro atoms. The molecule has 0 amide bonds. The second-order valence-corrected chi connectivity index (χ2v) is 12.3. The van der Waals surface area contributed by atoms with Gasteiger partial charge in [0.05, 0.1) is 19.1 Å². The third-order valence-electron chi connectivity index (χ3n) is 10.6. The number of fused-ring (bicyclic) bond motifs is 1. The molecule has 1 aliphatic carbocycles. The van der Waals surface area contributed by atoms with E-state index in [0.29, 0.717) is 12.5 Å². The predicted octanol–water partition coefficient (Wildman–Crippen LogP) is 7.72. The van der Waals surface area contributed by atoms with Crippen LogP contribution in [0, 0.1) is 17.8 Å². The minimum atomic E-state index is -0.272. The summed E-state index contributed by atoms with van der Waals surface area (Å²) in [6.45, 7) is 9.20. The third-order valence-corrected chi connectivity index (χ3v) is 10.6. The van der Waals surface area contributed by atoms with Gasteiger partial charge < -0.3 is 9.22 Å². The first-order chi connectivity index (χ1) is 18.1. The SMILES string of the molecule is C[C@@H]1C[N@@+]2(Cc3cccc4ccccc34)C[C@](OCc3ccccc3)(c3ccccc3)[C@H]3CC[C@@H]1[C@]32C. The average molecular weight is 489 g/mol. The van der Waals surface area contributed by atoms with Crippen LogP contribution in [0.3, 0.4) is 0 Å². The summed E-state index contributed by atoms with van der Waals surface area (Å²) in [5.74, 6) is 2.00. The zero-order valence-corrected chi connectivity index (χ0v) is 22.1. The Labute approximate surface area is 221 Å². The Kier molecular flexibility index (Phi) is 5.36. The minimum Gasteiger partial charge on any atom is -0.359 e. The van der Waals surface area contributed by atoms with Gasteiger partial charge in [-0.3, -0.25) is 0 Å². The molecule has 2 saturated heterocycles. The molecule has 7 rings (SSSR count). The van der Waals surface area contributed by atoms with Crippen LogP contribution in [0.25, 0.3) is 10.8 Å². The Bertz CT molecular complexity index is 1410. The molecule has 0 bridgehead atoms. The second kappa shape index (κ2) is 8.55. The molecule has 2 nitrogen and oxygen atoms in total. The van der Waals surface area contributed by atoms with Crippen LogP contribution in [-0.2, 0) is 23.5 Å². The van der Waals surface area contributed by atoms with Gasteiger partial charge in [0.2, 0.25) is 0 Å². The number of quaternary nitrogens is 1. The first kappa shape index (κ1) is 23.2. The lowest BCUT2D eigenvalue weighted by Gasteiger charge is -2.44. The summed E-state index contributed by atoms with van der Waals surface area (Å²) >= 11 is 0. The van der Waals surface area contributed by atoms with Gasteiger partial charge in [-0.05, 0) is 41.7 Å². The topological polar surface area (TPSA) is 9.23 Å². The Morgan fingerprint density at radius 3 is 2.32 bits per heavy atom. The van der Waals surface area contributed by atoms with Crippen molar-refractivity contribution in [3.63, 3.8) is 0 Å². The van der Waals surface area contributed by atoms with Crippen LogP contribution in [0.2, 0.25) is 0 Å². The lowest BCUT2D eigenvalue weighted by Crippen LogP contribution is -2.57. The fraction of sp³-hybridized carbons (Fsp3) is 0.371. The van der Waals surface area contributed by atoms with Gasteiger partial charge in [0, 0.05) is 17.4 Å². The lowest BCUT2D eigenvalue weighted by molar-refractivity contribution is -0.968. The Hall–Kier alpha value is -2.94. The largest absolute Gasteiger partial charge is 0.359 e. The van der Waals surface area contributed by atoms with E-state index in [0.717, 1.165) is 29.4 Å². The summed E-state index contributed by atoms with van der Waals surface area (Å²) in [6.07, 6.45) is 2.58. The fourth-order valence-electron chi connectivity index (χ4n) is 9.18. The Morgan fingerprint density at radius 1 is 0.811 bits per heavy atom. The van der Waals surface area contributed by atoms with E-state index < -0.39 is 0 Å². The minimum absolute atomic E-state index is 0.211. The smallest absolute Gasteiger partial charge is 0.151 e. The maximum Gasteiger partial charge on any atom is 0.151 e. The van der Waals surface area contributed by atoms with Crippen molar-refractivity contribution in [1.29, 1.82) is 0 Å². The van der Waals surface area contributed by atoms with Gasteiger partial charge in [-0.25, -0.2) is 0 Å². The van der Waals surface area contributed by atoms with Crippen molar-refractivity contribution in [3.8, 4) is 0 Å². The molecule has 2 aliphatic heterocycles. The van der Waals surface area contributed by atoms with E-state index in [-0.39, 0.29) is 11.1 Å². The summed E-state index contributed by atoms with van der Waals surface area (Å²) < 4.78 is 8.40. The molecule has 1 saturated carbocycles. The summed E-state index contributed by atoms with van der Waals surface area (Å²) in [7, 11) is 0. The van der Waals surface area contributed by atoms with Gasteiger partial charge in [-0.15, -0.1) is 0 Å². The maximum absolute atomic E-state index is 7.26. The van der Waals surface area contributed by atoms with Crippen LogP contribution in [0.1, 0.15) is 43.4 Å². The van der Waals surface area contributed by atoms with Crippen molar-refractivity contribution < 1.29 is 9.22 Å². The highest BCUT2D eigenvalue weighted by Crippen LogP contribution is 2.68. The van der Waals surface area contributed by atoms with Gasteiger partial charge in [0.15, 0.2) is 5.60 Å². The van der Waals surface area contributed by atoms with Crippen molar-refractivity contribution in [2.75, 3.05) is 13.1 Å². The number of hydrogen-bond donors (Lipinski definition) is 0. The second-order valence-electron chi connectivity index (χ2n) is 12.3. The highest BCUT2D eigenvalue weighted by Gasteiger charge is 2.78. The van der Waals surface area contributed by atoms with Crippen LogP contribution in [0.4, 0.5) is 0 Å². The number of rotatable bonds is 6. The molecule has 0 unspecified atom stereocenters. The highest BCUT2D eigenvalue weighted by molar-refractivity contribution is 5.85. The molecule has 0 aromatic heterocycles. The van der Waals surface area contributed by atoms with Gasteiger partial charge >= 0.3 is 0 Å². The molecular formula is C35H38NO+. The zero-order valence-electron chi connectivity index (χ0n) is 22.1. The van der Waals surface area contributed by atoms with E-state index in [1.165, 1.54) is 46.8 Å². The Balaban J connectivity index is 1.37. The molecule has 37 heavy (non-hydrogen) atoms. The van der Waals surface area contributed by atoms with Gasteiger partial charge in [0.1, 0.15) is 18.6 Å². The van der Waals surface area contributed by atoms with E-state index in [1.807, 2.05) is 0 Å². The van der Waals surface area contributed by atoms with Crippen molar-refractivity contribution in [1.82, 2.24) is 0 Å². The first-order valence-electron chi connectivity index (χ1n) is 14.1. The molecule has 4 aromatic rings. The van der Waals surface area contributed by atoms with Crippen molar-refractivity contribution >= 4 is 10.8 Å². The van der Waals surface area contributed by atoms with Crippen LogP contribution in [0.15, 0.2) is 103 Å². The zero-order chi connectivity index (χ0) is 25.1. The summed E-state index contributed by atoms with van der Waals surface area (Å²) in [4.78, 5) is 0. The molecular weight excluding hydrogens is 450 g/mol. The molecule has 0 radical (unpaired) electrons. The number of benzene rings is 4. The van der Waals surface area contributed by atoms with Crippen molar-refractivity contribution in [2.45, 2.75) is 51.0 Å². The first-order valence-corrected chi connectivity index (χ1v) is 14.1. The average Bonchev–Trinajstić information content (AvgIpc) is 3.48. The lowest BCUT2D eigenvalue weighted by atomic mass is 9.73. The number of hydrogen-bond acceptors (Lipinski definition) is 1. The molecule has 188 valence electrons.